The fourth-order valence-corrected chi connectivity index (χ4v) is 4.15. The highest BCUT2D eigenvalue weighted by atomic mass is 16.5. The van der Waals surface area contributed by atoms with E-state index in [-0.39, 0.29) is 11.8 Å². The van der Waals surface area contributed by atoms with Gasteiger partial charge in [-0.3, -0.25) is 4.79 Å². The number of unbranched alkanes of at least 4 members (excludes halogenated alkanes) is 1. The number of nitrogens with one attached hydrogen (secondary N) is 1. The number of carbonyl (C=O) groups is 1. The molecule has 152 valence electrons. The van der Waals surface area contributed by atoms with Crippen molar-refractivity contribution < 1.29 is 14.6 Å². The molecule has 1 amide bonds. The summed E-state index contributed by atoms with van der Waals surface area (Å²) in [6.45, 7) is 5.53. The molecule has 2 atom stereocenters. The monoisotopic (exact) mass is 385 g/mol. The van der Waals surface area contributed by atoms with Gasteiger partial charge in [-0.15, -0.1) is 0 Å². The van der Waals surface area contributed by atoms with E-state index in [1.54, 1.807) is 0 Å². The first-order chi connectivity index (χ1) is 13.6. The van der Waals surface area contributed by atoms with Gasteiger partial charge in [0.25, 0.3) is 5.91 Å². The number of hydrogen-bond acceptors (Lipinski definition) is 5. The molecule has 0 radical (unpaired) electrons. The molecule has 1 aromatic carbocycles. The average Bonchev–Trinajstić information content (AvgIpc) is 2.92. The molecule has 0 spiro atoms. The summed E-state index contributed by atoms with van der Waals surface area (Å²) in [5.74, 6) is 0.832. The lowest BCUT2D eigenvalue weighted by Gasteiger charge is -2.36. The van der Waals surface area contributed by atoms with Crippen molar-refractivity contribution in [3.63, 3.8) is 0 Å². The van der Waals surface area contributed by atoms with E-state index >= 15 is 0 Å². The van der Waals surface area contributed by atoms with Gasteiger partial charge in [0.1, 0.15) is 5.75 Å². The number of carbonyl (C=O) groups excluding carboxylic acids is 1. The van der Waals surface area contributed by atoms with Crippen molar-refractivity contribution >= 4 is 5.91 Å². The second-order valence-corrected chi connectivity index (χ2v) is 7.98. The van der Waals surface area contributed by atoms with E-state index in [4.69, 9.17) is 10.00 Å². The van der Waals surface area contributed by atoms with Gasteiger partial charge in [0.2, 0.25) is 0 Å². The minimum absolute atomic E-state index is 0.0656. The minimum atomic E-state index is -0.450. The first-order valence-electron chi connectivity index (χ1n) is 10.4. The van der Waals surface area contributed by atoms with Crippen LogP contribution in [0.5, 0.6) is 5.75 Å². The maximum atomic E-state index is 12.9. The van der Waals surface area contributed by atoms with Gasteiger partial charge in [-0.25, -0.2) is 0 Å². The molecule has 2 aliphatic heterocycles. The van der Waals surface area contributed by atoms with E-state index in [1.165, 1.54) is 0 Å². The lowest BCUT2D eigenvalue weighted by Crippen LogP contribution is -2.47. The number of β-amino-alcohol motifs (C(OH)–C–C–N with tert-alkyl or cyclic N) is 1. The molecule has 2 heterocycles. The van der Waals surface area contributed by atoms with E-state index < -0.39 is 6.10 Å². The molecule has 2 aliphatic rings. The Bertz CT molecular complexity index is 728. The summed E-state index contributed by atoms with van der Waals surface area (Å²) >= 11 is 0. The van der Waals surface area contributed by atoms with Crippen molar-refractivity contribution in [2.24, 2.45) is 5.92 Å². The third kappa shape index (κ3) is 5.24. The predicted octanol–water partition coefficient (Wildman–Crippen LogP) is 2.43. The van der Waals surface area contributed by atoms with Gasteiger partial charge >= 0.3 is 0 Å². The number of aryl methyl sites for hydroxylation is 1. The van der Waals surface area contributed by atoms with Crippen LogP contribution in [0.15, 0.2) is 12.1 Å². The molecule has 0 bridgehead atoms. The van der Waals surface area contributed by atoms with Crippen LogP contribution in [0.2, 0.25) is 0 Å². The van der Waals surface area contributed by atoms with Crippen molar-refractivity contribution in [1.29, 1.82) is 5.26 Å². The molecule has 2 N–H and O–H groups in total. The second-order valence-electron chi connectivity index (χ2n) is 7.98. The number of nitrogens with zero attached hydrogens (tertiary/aromatic N) is 2. The molecule has 0 saturated carbocycles. The van der Waals surface area contributed by atoms with Gasteiger partial charge in [0.15, 0.2) is 0 Å². The fourth-order valence-electron chi connectivity index (χ4n) is 4.15. The van der Waals surface area contributed by atoms with Crippen molar-refractivity contribution in [2.75, 3.05) is 32.8 Å². The topological polar surface area (TPSA) is 85.6 Å². The third-order valence-electron chi connectivity index (χ3n) is 5.77. The van der Waals surface area contributed by atoms with E-state index in [9.17, 15) is 9.90 Å². The van der Waals surface area contributed by atoms with Crippen LogP contribution in [0.1, 0.15) is 53.6 Å². The number of hydrogen-bond donors (Lipinski definition) is 2. The Labute approximate surface area is 167 Å². The molecule has 6 heteroatoms. The van der Waals surface area contributed by atoms with Gasteiger partial charge in [-0.2, -0.15) is 5.26 Å². The SMILES string of the molecule is Cc1cc2c(c(C(=O)NCC3CCN(CCCC#N)CC3O)c1)CCCCO2. The highest BCUT2D eigenvalue weighted by Gasteiger charge is 2.28. The highest BCUT2D eigenvalue weighted by molar-refractivity contribution is 5.96. The van der Waals surface area contributed by atoms with Gasteiger partial charge < -0.3 is 20.1 Å². The van der Waals surface area contributed by atoms with E-state index in [2.05, 4.69) is 16.3 Å². The van der Waals surface area contributed by atoms with Crippen LogP contribution in [0.4, 0.5) is 0 Å². The maximum absolute atomic E-state index is 12.9. The highest BCUT2D eigenvalue weighted by Crippen LogP contribution is 2.29. The Morgan fingerprint density at radius 2 is 2.29 bits per heavy atom. The number of benzene rings is 1. The Morgan fingerprint density at radius 1 is 1.43 bits per heavy atom. The zero-order valence-electron chi connectivity index (χ0n) is 16.7. The molecule has 1 aromatic rings. The predicted molar refractivity (Wildman–Crippen MR) is 107 cm³/mol. The fraction of sp³-hybridized carbons (Fsp3) is 0.636. The number of rotatable bonds is 6. The van der Waals surface area contributed by atoms with E-state index in [1.807, 2.05) is 19.1 Å². The van der Waals surface area contributed by atoms with Crippen molar-refractivity contribution in [3.05, 3.63) is 28.8 Å². The molecule has 3 rings (SSSR count). The molecule has 1 fully saturated rings. The van der Waals surface area contributed by atoms with Crippen LogP contribution in [0.3, 0.4) is 0 Å². The summed E-state index contributed by atoms with van der Waals surface area (Å²) in [5.41, 5.74) is 2.74. The number of amides is 1. The molecule has 1 saturated heterocycles. The Balaban J connectivity index is 1.56. The lowest BCUT2D eigenvalue weighted by molar-refractivity contribution is 0.0219. The molecule has 0 aromatic heterocycles. The first-order valence-corrected chi connectivity index (χ1v) is 10.4. The number of fused-ring (bicyclic) bond motifs is 1. The van der Waals surface area contributed by atoms with Gasteiger partial charge in [-0.05, 0) is 69.8 Å². The van der Waals surface area contributed by atoms with E-state index in [0.717, 1.165) is 62.1 Å². The summed E-state index contributed by atoms with van der Waals surface area (Å²) < 4.78 is 5.84. The summed E-state index contributed by atoms with van der Waals surface area (Å²) in [4.78, 5) is 15.1. The summed E-state index contributed by atoms with van der Waals surface area (Å²) in [7, 11) is 0. The molecule has 28 heavy (non-hydrogen) atoms. The Hall–Kier alpha value is -2.10. The number of piperidine rings is 1. The molecule has 6 nitrogen and oxygen atoms in total. The molecule has 2 unspecified atom stereocenters. The van der Waals surface area contributed by atoms with Gasteiger partial charge in [0, 0.05) is 36.6 Å². The lowest BCUT2D eigenvalue weighted by atomic mass is 9.93. The second kappa shape index (κ2) is 9.90. The Morgan fingerprint density at radius 3 is 3.07 bits per heavy atom. The van der Waals surface area contributed by atoms with Crippen molar-refractivity contribution in [2.45, 2.75) is 51.6 Å². The van der Waals surface area contributed by atoms with Crippen LogP contribution >= 0.6 is 0 Å². The first kappa shape index (κ1) is 20.6. The third-order valence-corrected chi connectivity index (χ3v) is 5.77. The summed E-state index contributed by atoms with van der Waals surface area (Å²) in [6, 6.07) is 6.12. The van der Waals surface area contributed by atoms with Gasteiger partial charge in [0.05, 0.1) is 18.8 Å². The zero-order chi connectivity index (χ0) is 19.9. The number of nitriles is 1. The van der Waals surface area contributed by atoms with Crippen LogP contribution in [0.25, 0.3) is 0 Å². The maximum Gasteiger partial charge on any atom is 0.251 e. The van der Waals surface area contributed by atoms with Crippen LogP contribution < -0.4 is 10.1 Å². The Kier molecular flexibility index (Phi) is 7.30. The smallest absolute Gasteiger partial charge is 0.251 e. The average molecular weight is 386 g/mol. The minimum Gasteiger partial charge on any atom is -0.493 e. The van der Waals surface area contributed by atoms with Crippen LogP contribution in [-0.4, -0.2) is 54.8 Å². The number of likely N-dealkylation sites (tertiary alicyclic amines) is 1. The van der Waals surface area contributed by atoms with Crippen molar-refractivity contribution in [1.82, 2.24) is 10.2 Å². The number of ether oxygens (including phenoxy) is 1. The van der Waals surface area contributed by atoms with Crippen LogP contribution in [-0.2, 0) is 6.42 Å². The number of aliphatic hydroxyl groups excluding tert-OH is 1. The summed E-state index contributed by atoms with van der Waals surface area (Å²) in [6.07, 6.45) is 4.69. The van der Waals surface area contributed by atoms with Crippen LogP contribution in [0, 0.1) is 24.2 Å². The molecule has 0 aliphatic carbocycles. The quantitative estimate of drug-likeness (QED) is 0.735. The summed E-state index contributed by atoms with van der Waals surface area (Å²) in [5, 5.41) is 22.2. The standard InChI is InChI=1S/C22H31N3O3/c1-16-12-19(18-6-2-5-11-28-21(18)13-16)22(27)24-14-17-7-10-25(15-20(17)26)9-4-3-8-23/h12-13,17,20,26H,2-7,9-11,14-15H2,1H3,(H,24,27). The van der Waals surface area contributed by atoms with Gasteiger partial charge in [-0.1, -0.05) is 0 Å². The molecular formula is C22H31N3O3. The normalized spacial score (nSPS) is 22.5. The zero-order valence-corrected chi connectivity index (χ0v) is 16.7. The number of aliphatic hydroxyl groups is 1. The van der Waals surface area contributed by atoms with E-state index in [0.29, 0.717) is 31.7 Å². The molecular weight excluding hydrogens is 354 g/mol. The largest absolute Gasteiger partial charge is 0.493 e. The van der Waals surface area contributed by atoms with Crippen molar-refractivity contribution in [3.8, 4) is 11.8 Å².